The van der Waals surface area contributed by atoms with Gasteiger partial charge < -0.3 is 5.32 Å². The number of anilines is 2. The standard InChI is InChI=1S/C30H23F8N5O4S3/c31-18-5-2-4-17(29(33,34)35)24(18)50(46,47)43-19-6-1-3-16(21(19)32)22-23(48-25(42-22)28(8-9-28)30(36,37)38)20-7-10-39-26(41-20)40-15-11-27(12-15)13-49(44,45)14-27/h1-7,10,15,43H,8-9,11-14H2,(H,39,40,41). The number of nitrogens with one attached hydrogen (secondary N) is 2. The Labute approximate surface area is 283 Å². The molecule has 0 bridgehead atoms. The lowest BCUT2D eigenvalue weighted by Crippen LogP contribution is -2.60. The maximum absolute atomic E-state index is 16.2. The van der Waals surface area contributed by atoms with Gasteiger partial charge >= 0.3 is 12.4 Å². The quantitative estimate of drug-likeness (QED) is 0.185. The van der Waals surface area contributed by atoms with Crippen LogP contribution in [0.2, 0.25) is 0 Å². The number of alkyl halides is 6. The van der Waals surface area contributed by atoms with Crippen LogP contribution in [0.15, 0.2) is 53.6 Å². The van der Waals surface area contributed by atoms with Gasteiger partial charge in [-0.15, -0.1) is 11.3 Å². The monoisotopic (exact) mass is 765 g/mol. The van der Waals surface area contributed by atoms with E-state index in [0.717, 1.165) is 18.2 Å². The third kappa shape index (κ3) is 5.97. The van der Waals surface area contributed by atoms with Crippen LogP contribution in [0.4, 0.5) is 46.8 Å². The molecule has 2 aliphatic carbocycles. The zero-order valence-corrected chi connectivity index (χ0v) is 27.6. The summed E-state index contributed by atoms with van der Waals surface area (Å²) in [6.07, 6.45) is -8.20. The van der Waals surface area contributed by atoms with Crippen LogP contribution in [0.3, 0.4) is 0 Å². The molecule has 3 heterocycles. The molecule has 0 amide bonds. The van der Waals surface area contributed by atoms with Gasteiger partial charge in [-0.3, -0.25) is 4.72 Å². The van der Waals surface area contributed by atoms with Gasteiger partial charge in [0.1, 0.15) is 21.1 Å². The molecule has 266 valence electrons. The number of benzene rings is 2. The SMILES string of the molecule is O=S1(=O)CC2(CC(Nc3nccc(-c4sc(C5(C(F)(F)F)CC5)nc4-c4cccc(NS(=O)(=O)c5c(F)cccc5C(F)(F)F)c4F)n3)C2)C1. The van der Waals surface area contributed by atoms with Gasteiger partial charge in [-0.25, -0.2) is 40.6 Å². The highest BCUT2D eigenvalue weighted by Gasteiger charge is 2.66. The maximum atomic E-state index is 16.2. The first-order valence-corrected chi connectivity index (χ1v) is 18.9. The molecule has 1 spiro atoms. The second-order valence-electron chi connectivity index (χ2n) is 12.7. The lowest BCUT2D eigenvalue weighted by atomic mass is 9.67. The smallest absolute Gasteiger partial charge is 0.351 e. The summed E-state index contributed by atoms with van der Waals surface area (Å²) < 4.78 is 165. The molecule has 0 unspecified atom stereocenters. The number of hydrogen-bond acceptors (Lipinski definition) is 9. The molecule has 4 aromatic rings. The summed E-state index contributed by atoms with van der Waals surface area (Å²) in [6, 6.07) is 5.70. The van der Waals surface area contributed by atoms with E-state index < -0.39 is 76.0 Å². The van der Waals surface area contributed by atoms with Gasteiger partial charge in [0.15, 0.2) is 15.7 Å². The maximum Gasteiger partial charge on any atom is 0.417 e. The number of rotatable bonds is 8. The van der Waals surface area contributed by atoms with E-state index in [1.54, 1.807) is 4.72 Å². The van der Waals surface area contributed by atoms with Crippen molar-refractivity contribution in [3.8, 4) is 21.8 Å². The number of sulfonamides is 1. The first-order valence-electron chi connectivity index (χ1n) is 14.8. The van der Waals surface area contributed by atoms with E-state index in [0.29, 0.717) is 42.4 Å². The van der Waals surface area contributed by atoms with Gasteiger partial charge in [0, 0.05) is 23.2 Å². The second-order valence-corrected chi connectivity index (χ2v) is 17.4. The minimum absolute atomic E-state index is 0.0334. The van der Waals surface area contributed by atoms with E-state index in [2.05, 4.69) is 20.3 Å². The van der Waals surface area contributed by atoms with Crippen LogP contribution in [-0.4, -0.2) is 55.5 Å². The number of halogens is 8. The normalized spacial score (nSPS) is 19.4. The molecule has 1 aliphatic heterocycles. The van der Waals surface area contributed by atoms with Gasteiger partial charge in [-0.1, -0.05) is 12.1 Å². The van der Waals surface area contributed by atoms with Gasteiger partial charge in [-0.05, 0) is 56.0 Å². The van der Waals surface area contributed by atoms with E-state index in [9.17, 15) is 47.6 Å². The van der Waals surface area contributed by atoms with Crippen LogP contribution >= 0.6 is 11.3 Å². The Morgan fingerprint density at radius 1 is 0.920 bits per heavy atom. The first-order chi connectivity index (χ1) is 23.2. The zero-order valence-electron chi connectivity index (χ0n) is 25.2. The molecule has 1 saturated heterocycles. The highest BCUT2D eigenvalue weighted by molar-refractivity contribution is 7.93. The predicted octanol–water partition coefficient (Wildman–Crippen LogP) is 6.95. The fraction of sp³-hybridized carbons (Fsp3) is 0.367. The molecule has 0 atom stereocenters. The lowest BCUT2D eigenvalue weighted by molar-refractivity contribution is -0.160. The van der Waals surface area contributed by atoms with E-state index in [1.165, 1.54) is 12.3 Å². The summed E-state index contributed by atoms with van der Waals surface area (Å²) >= 11 is 0.599. The van der Waals surface area contributed by atoms with E-state index >= 15 is 4.39 Å². The molecule has 7 rings (SSSR count). The molecule has 2 N–H and O–H groups in total. The van der Waals surface area contributed by atoms with Crippen LogP contribution in [0, 0.1) is 17.0 Å². The number of nitrogens with zero attached hydrogens (tertiary/aromatic N) is 3. The molecule has 3 fully saturated rings. The largest absolute Gasteiger partial charge is 0.417 e. The Balaban J connectivity index is 1.26. The van der Waals surface area contributed by atoms with Crippen molar-refractivity contribution in [3.05, 3.63) is 70.9 Å². The lowest BCUT2D eigenvalue weighted by Gasteiger charge is -2.53. The summed E-state index contributed by atoms with van der Waals surface area (Å²) in [6.45, 7) is 0. The van der Waals surface area contributed by atoms with Crippen molar-refractivity contribution in [2.45, 2.75) is 54.4 Å². The first kappa shape index (κ1) is 34.5. The van der Waals surface area contributed by atoms with Crippen LogP contribution in [0.1, 0.15) is 36.3 Å². The Hall–Kier alpha value is -3.91. The van der Waals surface area contributed by atoms with Crippen LogP contribution < -0.4 is 10.0 Å². The predicted molar refractivity (Wildman–Crippen MR) is 165 cm³/mol. The third-order valence-corrected chi connectivity index (χ3v) is 13.8. The average Bonchev–Trinajstić information content (AvgIpc) is 3.69. The van der Waals surface area contributed by atoms with Crippen molar-refractivity contribution in [1.82, 2.24) is 15.0 Å². The highest BCUT2D eigenvalue weighted by atomic mass is 32.2. The van der Waals surface area contributed by atoms with Crippen LogP contribution in [0.5, 0.6) is 0 Å². The van der Waals surface area contributed by atoms with E-state index in [-0.39, 0.29) is 58.0 Å². The molecule has 3 aliphatic rings. The number of thiazole rings is 1. The third-order valence-electron chi connectivity index (χ3n) is 9.00. The highest BCUT2D eigenvalue weighted by Crippen LogP contribution is 2.61. The Morgan fingerprint density at radius 3 is 2.22 bits per heavy atom. The zero-order chi connectivity index (χ0) is 36.1. The molecule has 2 aromatic heterocycles. The number of aromatic nitrogens is 3. The second kappa shape index (κ2) is 11.3. The Bertz CT molecular complexity index is 2230. The van der Waals surface area contributed by atoms with E-state index in [1.807, 2.05) is 0 Å². The Morgan fingerprint density at radius 2 is 1.60 bits per heavy atom. The molecule has 0 radical (unpaired) electrons. The molecule has 9 nitrogen and oxygen atoms in total. The van der Waals surface area contributed by atoms with Crippen LogP contribution in [0.25, 0.3) is 21.8 Å². The molecule has 20 heteroatoms. The van der Waals surface area contributed by atoms with Gasteiger partial charge in [0.25, 0.3) is 10.0 Å². The minimum atomic E-state index is -5.41. The topological polar surface area (TPSA) is 131 Å². The minimum Gasteiger partial charge on any atom is -0.351 e. The van der Waals surface area contributed by atoms with Crippen molar-refractivity contribution in [1.29, 1.82) is 0 Å². The average molecular weight is 766 g/mol. The fourth-order valence-corrected chi connectivity index (χ4v) is 11.5. The summed E-state index contributed by atoms with van der Waals surface area (Å²) in [5.41, 5.74) is -6.20. The number of sulfone groups is 1. The summed E-state index contributed by atoms with van der Waals surface area (Å²) in [5.74, 6) is -2.93. The molecule has 2 aromatic carbocycles. The van der Waals surface area contributed by atoms with Crippen molar-refractivity contribution in [3.63, 3.8) is 0 Å². The van der Waals surface area contributed by atoms with Gasteiger partial charge in [-0.2, -0.15) is 26.3 Å². The van der Waals surface area contributed by atoms with Crippen molar-refractivity contribution in [2.75, 3.05) is 21.5 Å². The van der Waals surface area contributed by atoms with E-state index in [4.69, 9.17) is 0 Å². The Kier molecular flexibility index (Phi) is 7.80. The van der Waals surface area contributed by atoms with Crippen molar-refractivity contribution in [2.24, 2.45) is 5.41 Å². The number of hydrogen-bond donors (Lipinski definition) is 2. The van der Waals surface area contributed by atoms with Gasteiger partial charge in [0.05, 0.1) is 39.0 Å². The fourth-order valence-electron chi connectivity index (χ4n) is 6.57. The molecule has 50 heavy (non-hydrogen) atoms. The summed E-state index contributed by atoms with van der Waals surface area (Å²) in [4.78, 5) is 10.9. The summed E-state index contributed by atoms with van der Waals surface area (Å²) in [7, 11) is -8.46. The molecule has 2 saturated carbocycles. The van der Waals surface area contributed by atoms with Crippen molar-refractivity contribution < 1.29 is 52.0 Å². The summed E-state index contributed by atoms with van der Waals surface area (Å²) in [5, 5.41) is 2.68. The van der Waals surface area contributed by atoms with Crippen LogP contribution in [-0.2, 0) is 31.5 Å². The molecular weight excluding hydrogens is 743 g/mol. The van der Waals surface area contributed by atoms with Crippen molar-refractivity contribution >= 4 is 42.8 Å². The molecular formula is C30H23F8N5O4S3. The van der Waals surface area contributed by atoms with Gasteiger partial charge in [0.2, 0.25) is 5.95 Å².